The molecule has 1 aliphatic heterocycles. The number of methoxy groups -OCH3 is 3. The molecule has 8 nitrogen and oxygen atoms in total. The van der Waals surface area contributed by atoms with Crippen molar-refractivity contribution in [3.8, 4) is 17.2 Å². The average molecular weight is 440 g/mol. The zero-order valence-electron chi connectivity index (χ0n) is 18.7. The standard InChI is InChI=1S/C24H29N3O5/c1-30-20-13-18(14-21(31-2)22(20)32-3)26-24(29)25-17-9-8-15-10-11-27(19(15)12-17)23(28)16-6-4-5-7-16/h8-9,12-14,16H,4-7,10-11H2,1-3H3,(H2,25,26,29). The Kier molecular flexibility index (Phi) is 6.39. The van der Waals surface area contributed by atoms with Crippen LogP contribution < -0.4 is 29.7 Å². The van der Waals surface area contributed by atoms with Crippen molar-refractivity contribution < 1.29 is 23.8 Å². The Bertz CT molecular complexity index is 992. The van der Waals surface area contributed by atoms with E-state index < -0.39 is 6.03 Å². The Morgan fingerprint density at radius 3 is 2.19 bits per heavy atom. The molecule has 1 heterocycles. The number of nitrogens with zero attached hydrogens (tertiary/aromatic N) is 1. The molecular formula is C24H29N3O5. The van der Waals surface area contributed by atoms with Crippen molar-refractivity contribution in [3.63, 3.8) is 0 Å². The maximum Gasteiger partial charge on any atom is 0.323 e. The summed E-state index contributed by atoms with van der Waals surface area (Å²) in [6, 6.07) is 8.62. The molecule has 0 aromatic heterocycles. The van der Waals surface area contributed by atoms with Gasteiger partial charge in [-0.3, -0.25) is 4.79 Å². The van der Waals surface area contributed by atoms with E-state index >= 15 is 0 Å². The van der Waals surface area contributed by atoms with Gasteiger partial charge < -0.3 is 29.7 Å². The highest BCUT2D eigenvalue weighted by Gasteiger charge is 2.32. The molecule has 0 bridgehead atoms. The van der Waals surface area contributed by atoms with Crippen LogP contribution in [0.1, 0.15) is 31.2 Å². The number of hydrogen-bond donors (Lipinski definition) is 2. The van der Waals surface area contributed by atoms with E-state index in [9.17, 15) is 9.59 Å². The molecule has 0 radical (unpaired) electrons. The number of amides is 3. The predicted molar refractivity (Wildman–Crippen MR) is 123 cm³/mol. The quantitative estimate of drug-likeness (QED) is 0.695. The number of urea groups is 1. The molecule has 0 saturated heterocycles. The number of fused-ring (bicyclic) bond motifs is 1. The van der Waals surface area contributed by atoms with E-state index in [1.54, 1.807) is 12.1 Å². The summed E-state index contributed by atoms with van der Waals surface area (Å²) in [4.78, 5) is 27.5. The Labute approximate surface area is 187 Å². The van der Waals surface area contributed by atoms with Gasteiger partial charge in [-0.25, -0.2) is 4.79 Å². The van der Waals surface area contributed by atoms with Crippen molar-refractivity contribution >= 4 is 29.0 Å². The zero-order chi connectivity index (χ0) is 22.7. The number of carbonyl (C=O) groups is 2. The van der Waals surface area contributed by atoms with Crippen LogP contribution in [0.3, 0.4) is 0 Å². The fraction of sp³-hybridized carbons (Fsp3) is 0.417. The van der Waals surface area contributed by atoms with Crippen molar-refractivity contribution in [1.29, 1.82) is 0 Å². The van der Waals surface area contributed by atoms with Gasteiger partial charge in [-0.05, 0) is 37.0 Å². The Morgan fingerprint density at radius 1 is 0.906 bits per heavy atom. The number of nitrogens with one attached hydrogen (secondary N) is 2. The Hall–Kier alpha value is -3.42. The van der Waals surface area contributed by atoms with E-state index in [1.165, 1.54) is 21.3 Å². The number of benzene rings is 2. The van der Waals surface area contributed by atoms with Gasteiger partial charge in [0.2, 0.25) is 11.7 Å². The Balaban J connectivity index is 1.48. The molecule has 1 aliphatic carbocycles. The van der Waals surface area contributed by atoms with Crippen LogP contribution in [0.25, 0.3) is 0 Å². The van der Waals surface area contributed by atoms with Crippen molar-refractivity contribution in [2.75, 3.05) is 43.4 Å². The van der Waals surface area contributed by atoms with Gasteiger partial charge in [0, 0.05) is 36.0 Å². The maximum absolute atomic E-state index is 13.0. The molecule has 2 aliphatic rings. The second-order valence-electron chi connectivity index (χ2n) is 8.06. The largest absolute Gasteiger partial charge is 0.493 e. The first-order chi connectivity index (χ1) is 15.5. The second-order valence-corrected chi connectivity index (χ2v) is 8.06. The molecule has 3 amide bonds. The van der Waals surface area contributed by atoms with Crippen LogP contribution in [0.15, 0.2) is 30.3 Å². The number of anilines is 3. The smallest absolute Gasteiger partial charge is 0.323 e. The molecule has 1 saturated carbocycles. The average Bonchev–Trinajstić information content (AvgIpc) is 3.48. The van der Waals surface area contributed by atoms with Crippen LogP contribution in [0.2, 0.25) is 0 Å². The minimum absolute atomic E-state index is 0.126. The van der Waals surface area contributed by atoms with Gasteiger partial charge >= 0.3 is 6.03 Å². The van der Waals surface area contributed by atoms with E-state index in [1.807, 2.05) is 23.1 Å². The van der Waals surface area contributed by atoms with Crippen LogP contribution in [0.5, 0.6) is 17.2 Å². The molecule has 1 fully saturated rings. The lowest BCUT2D eigenvalue weighted by atomic mass is 10.1. The summed E-state index contributed by atoms with van der Waals surface area (Å²) in [5.41, 5.74) is 3.15. The van der Waals surface area contributed by atoms with Crippen LogP contribution in [0.4, 0.5) is 21.9 Å². The predicted octanol–water partition coefficient (Wildman–Crippen LogP) is 4.44. The third-order valence-electron chi connectivity index (χ3n) is 6.13. The van der Waals surface area contributed by atoms with Gasteiger partial charge in [0.15, 0.2) is 11.5 Å². The highest BCUT2D eigenvalue weighted by atomic mass is 16.5. The van der Waals surface area contributed by atoms with Gasteiger partial charge in [-0.15, -0.1) is 0 Å². The third-order valence-corrected chi connectivity index (χ3v) is 6.13. The van der Waals surface area contributed by atoms with E-state index in [0.717, 1.165) is 43.4 Å². The van der Waals surface area contributed by atoms with Crippen LogP contribution in [-0.4, -0.2) is 39.8 Å². The van der Waals surface area contributed by atoms with Crippen LogP contribution >= 0.6 is 0 Å². The second kappa shape index (κ2) is 9.38. The lowest BCUT2D eigenvalue weighted by Gasteiger charge is -2.21. The van der Waals surface area contributed by atoms with Gasteiger partial charge in [0.1, 0.15) is 0 Å². The Morgan fingerprint density at radius 2 is 1.56 bits per heavy atom. The fourth-order valence-corrected chi connectivity index (χ4v) is 4.53. The van der Waals surface area contributed by atoms with Gasteiger partial charge in [0.25, 0.3) is 0 Å². The first-order valence-corrected chi connectivity index (χ1v) is 10.9. The van der Waals surface area contributed by atoms with Crippen LogP contribution in [0, 0.1) is 5.92 Å². The number of hydrogen-bond acceptors (Lipinski definition) is 5. The summed E-state index contributed by atoms with van der Waals surface area (Å²) in [5, 5.41) is 5.64. The van der Waals surface area contributed by atoms with E-state index in [0.29, 0.717) is 35.2 Å². The normalized spacial score (nSPS) is 15.3. The van der Waals surface area contributed by atoms with Crippen LogP contribution in [-0.2, 0) is 11.2 Å². The fourth-order valence-electron chi connectivity index (χ4n) is 4.53. The number of carbonyl (C=O) groups excluding carboxylic acids is 2. The summed E-state index contributed by atoms with van der Waals surface area (Å²) in [7, 11) is 4.56. The molecule has 2 aromatic carbocycles. The molecule has 0 atom stereocenters. The molecule has 32 heavy (non-hydrogen) atoms. The van der Waals surface area contributed by atoms with E-state index in [2.05, 4.69) is 10.6 Å². The zero-order valence-corrected chi connectivity index (χ0v) is 18.7. The molecule has 170 valence electrons. The van der Waals surface area contributed by atoms with Gasteiger partial charge in [-0.1, -0.05) is 18.9 Å². The highest BCUT2D eigenvalue weighted by Crippen LogP contribution is 2.40. The molecule has 2 aromatic rings. The minimum atomic E-state index is -0.411. The summed E-state index contributed by atoms with van der Waals surface area (Å²) in [5.74, 6) is 1.68. The lowest BCUT2D eigenvalue weighted by molar-refractivity contribution is -0.122. The summed E-state index contributed by atoms with van der Waals surface area (Å²) in [6.45, 7) is 0.700. The maximum atomic E-state index is 13.0. The molecular weight excluding hydrogens is 410 g/mol. The molecule has 8 heteroatoms. The van der Waals surface area contributed by atoms with E-state index in [-0.39, 0.29) is 11.8 Å². The SMILES string of the molecule is COc1cc(NC(=O)Nc2ccc3c(c2)N(C(=O)C2CCCC2)CC3)cc(OC)c1OC. The molecule has 0 spiro atoms. The summed E-state index contributed by atoms with van der Waals surface area (Å²) in [6.07, 6.45) is 5.03. The van der Waals surface area contributed by atoms with Crippen molar-refractivity contribution in [3.05, 3.63) is 35.9 Å². The molecule has 4 rings (SSSR count). The number of rotatable bonds is 6. The van der Waals surface area contributed by atoms with Gasteiger partial charge in [-0.2, -0.15) is 0 Å². The number of ether oxygens (including phenoxy) is 3. The lowest BCUT2D eigenvalue weighted by Crippen LogP contribution is -2.33. The topological polar surface area (TPSA) is 89.1 Å². The molecule has 2 N–H and O–H groups in total. The summed E-state index contributed by atoms with van der Waals surface area (Å²) >= 11 is 0. The van der Waals surface area contributed by atoms with Crippen molar-refractivity contribution in [1.82, 2.24) is 0 Å². The first-order valence-electron chi connectivity index (χ1n) is 10.9. The van der Waals surface area contributed by atoms with Gasteiger partial charge in [0.05, 0.1) is 27.0 Å². The van der Waals surface area contributed by atoms with Crippen molar-refractivity contribution in [2.45, 2.75) is 32.1 Å². The summed E-state index contributed by atoms with van der Waals surface area (Å²) < 4.78 is 16.0. The first kappa shape index (κ1) is 21.8. The third kappa shape index (κ3) is 4.30. The van der Waals surface area contributed by atoms with Crippen molar-refractivity contribution in [2.24, 2.45) is 5.92 Å². The van der Waals surface area contributed by atoms with E-state index in [4.69, 9.17) is 14.2 Å². The highest BCUT2D eigenvalue weighted by molar-refractivity contribution is 6.02. The minimum Gasteiger partial charge on any atom is -0.493 e. The molecule has 0 unspecified atom stereocenters. The monoisotopic (exact) mass is 439 g/mol.